The van der Waals surface area contributed by atoms with Gasteiger partial charge in [0.15, 0.2) is 11.5 Å². The summed E-state index contributed by atoms with van der Waals surface area (Å²) in [6.45, 7) is 10.3. The summed E-state index contributed by atoms with van der Waals surface area (Å²) in [6, 6.07) is 7.58. The third kappa shape index (κ3) is 4.42. The zero-order valence-electron chi connectivity index (χ0n) is 16.2. The monoisotopic (exact) mass is 334 g/mol. The molecule has 0 spiro atoms. The Labute approximate surface area is 147 Å². The first-order valence-electron chi connectivity index (χ1n) is 9.15. The van der Waals surface area contributed by atoms with Crippen molar-refractivity contribution in [3.8, 4) is 11.5 Å². The summed E-state index contributed by atoms with van der Waals surface area (Å²) in [4.78, 5) is 5.15. The summed E-state index contributed by atoms with van der Waals surface area (Å²) in [5.74, 6) is 2.30. The largest absolute Gasteiger partial charge is 0.493 e. The summed E-state index contributed by atoms with van der Waals surface area (Å²) >= 11 is 0. The lowest BCUT2D eigenvalue weighted by atomic mass is 9.88. The van der Waals surface area contributed by atoms with Gasteiger partial charge in [-0.15, -0.1) is 0 Å². The first-order valence-corrected chi connectivity index (χ1v) is 9.15. The van der Waals surface area contributed by atoms with Crippen LogP contribution in [0.4, 0.5) is 0 Å². The fourth-order valence-electron chi connectivity index (χ4n) is 3.89. The summed E-state index contributed by atoms with van der Waals surface area (Å²) in [7, 11) is 5.63. The third-order valence-electron chi connectivity index (χ3n) is 5.38. The smallest absolute Gasteiger partial charge is 0.161 e. The lowest BCUT2D eigenvalue weighted by Gasteiger charge is -2.45. The van der Waals surface area contributed by atoms with Crippen LogP contribution in [0.2, 0.25) is 0 Å². The third-order valence-corrected chi connectivity index (χ3v) is 5.38. The fraction of sp³-hybridized carbons (Fsp3) is 0.700. The van der Waals surface area contributed by atoms with Crippen LogP contribution in [-0.2, 0) is 6.54 Å². The molecule has 1 aromatic rings. The fourth-order valence-corrected chi connectivity index (χ4v) is 3.89. The summed E-state index contributed by atoms with van der Waals surface area (Å²) < 4.78 is 10.8. The Morgan fingerprint density at radius 1 is 1.17 bits per heavy atom. The van der Waals surface area contributed by atoms with Gasteiger partial charge in [0.1, 0.15) is 0 Å². The lowest BCUT2D eigenvalue weighted by Crippen LogP contribution is -2.52. The molecule has 4 heteroatoms. The highest BCUT2D eigenvalue weighted by Gasteiger charge is 2.32. The number of rotatable bonds is 7. The van der Waals surface area contributed by atoms with E-state index >= 15 is 0 Å². The van der Waals surface area contributed by atoms with Crippen molar-refractivity contribution in [3.05, 3.63) is 23.8 Å². The molecule has 0 bridgehead atoms. The predicted molar refractivity (Wildman–Crippen MR) is 99.9 cm³/mol. The zero-order valence-corrected chi connectivity index (χ0v) is 16.2. The maximum atomic E-state index is 5.47. The minimum absolute atomic E-state index is 0.643. The van der Waals surface area contributed by atoms with Crippen LogP contribution >= 0.6 is 0 Å². The Morgan fingerprint density at radius 2 is 1.88 bits per heavy atom. The standard InChI is InChI=1S/C20H34N2O2/c1-7-10-22(18-11-16(3)21(4)13-15(18)2)14-17-8-9-19(23-5)20(12-17)24-6/h8-9,12,15-16,18H,7,10-11,13-14H2,1-6H3/t15-,16+,18-/m1/s1. The molecule has 0 unspecified atom stereocenters. The molecule has 3 atom stereocenters. The Kier molecular flexibility index (Phi) is 6.93. The summed E-state index contributed by atoms with van der Waals surface area (Å²) in [6.07, 6.45) is 2.42. The van der Waals surface area contributed by atoms with Crippen molar-refractivity contribution in [2.24, 2.45) is 5.92 Å². The van der Waals surface area contributed by atoms with Crippen LogP contribution in [0.1, 0.15) is 39.2 Å². The van der Waals surface area contributed by atoms with Gasteiger partial charge in [-0.1, -0.05) is 19.9 Å². The molecule has 0 aromatic heterocycles. The van der Waals surface area contributed by atoms with Crippen LogP contribution < -0.4 is 9.47 Å². The van der Waals surface area contributed by atoms with Gasteiger partial charge in [-0.3, -0.25) is 4.90 Å². The van der Waals surface area contributed by atoms with Gasteiger partial charge in [0.05, 0.1) is 14.2 Å². The van der Waals surface area contributed by atoms with E-state index in [0.29, 0.717) is 18.0 Å². The molecule has 4 nitrogen and oxygen atoms in total. The van der Waals surface area contributed by atoms with Crippen LogP contribution in [0.25, 0.3) is 0 Å². The van der Waals surface area contributed by atoms with Gasteiger partial charge in [-0.2, -0.15) is 0 Å². The Hall–Kier alpha value is -1.26. The van der Waals surface area contributed by atoms with Crippen LogP contribution in [0.15, 0.2) is 18.2 Å². The van der Waals surface area contributed by atoms with Crippen LogP contribution in [0, 0.1) is 5.92 Å². The molecule has 1 fully saturated rings. The van der Waals surface area contributed by atoms with Crippen LogP contribution in [0.3, 0.4) is 0 Å². The second-order valence-corrected chi connectivity index (χ2v) is 7.23. The minimum Gasteiger partial charge on any atom is -0.493 e. The van der Waals surface area contributed by atoms with Gasteiger partial charge in [-0.05, 0) is 57.0 Å². The molecule has 2 rings (SSSR count). The number of ether oxygens (including phenoxy) is 2. The van der Waals surface area contributed by atoms with E-state index in [9.17, 15) is 0 Å². The second-order valence-electron chi connectivity index (χ2n) is 7.23. The summed E-state index contributed by atoms with van der Waals surface area (Å²) in [5, 5.41) is 0. The second kappa shape index (κ2) is 8.72. The topological polar surface area (TPSA) is 24.9 Å². The molecule has 24 heavy (non-hydrogen) atoms. The molecule has 0 saturated carbocycles. The van der Waals surface area contributed by atoms with E-state index in [1.807, 2.05) is 6.07 Å². The molecular formula is C20H34N2O2. The highest BCUT2D eigenvalue weighted by Crippen LogP contribution is 2.30. The number of benzene rings is 1. The highest BCUT2D eigenvalue weighted by molar-refractivity contribution is 5.42. The van der Waals surface area contributed by atoms with E-state index in [1.54, 1.807) is 14.2 Å². The van der Waals surface area contributed by atoms with Crippen molar-refractivity contribution in [1.29, 1.82) is 0 Å². The van der Waals surface area contributed by atoms with Gasteiger partial charge >= 0.3 is 0 Å². The molecule has 0 aliphatic carbocycles. The maximum Gasteiger partial charge on any atom is 0.161 e. The van der Waals surface area contributed by atoms with Crippen LogP contribution in [0.5, 0.6) is 11.5 Å². The van der Waals surface area contributed by atoms with Crippen molar-refractivity contribution in [3.63, 3.8) is 0 Å². The Morgan fingerprint density at radius 3 is 2.50 bits per heavy atom. The van der Waals surface area contributed by atoms with E-state index in [1.165, 1.54) is 24.9 Å². The number of hydrogen-bond donors (Lipinski definition) is 0. The average molecular weight is 335 g/mol. The van der Waals surface area contributed by atoms with Gasteiger partial charge in [0, 0.05) is 25.2 Å². The molecule has 0 N–H and O–H groups in total. The van der Waals surface area contributed by atoms with Crippen molar-refractivity contribution in [2.75, 3.05) is 34.4 Å². The van der Waals surface area contributed by atoms with E-state index in [-0.39, 0.29) is 0 Å². The van der Waals surface area contributed by atoms with Crippen LogP contribution in [-0.4, -0.2) is 56.2 Å². The van der Waals surface area contributed by atoms with Gasteiger partial charge in [0.25, 0.3) is 0 Å². The highest BCUT2D eigenvalue weighted by atomic mass is 16.5. The number of piperidine rings is 1. The van der Waals surface area contributed by atoms with E-state index in [4.69, 9.17) is 9.47 Å². The summed E-state index contributed by atoms with van der Waals surface area (Å²) in [5.41, 5.74) is 1.29. The van der Waals surface area contributed by atoms with Crippen molar-refractivity contribution in [1.82, 2.24) is 9.80 Å². The predicted octanol–water partition coefficient (Wildman–Crippen LogP) is 3.64. The number of hydrogen-bond acceptors (Lipinski definition) is 4. The molecular weight excluding hydrogens is 300 g/mol. The molecule has 1 saturated heterocycles. The lowest BCUT2D eigenvalue weighted by molar-refractivity contribution is 0.0410. The van der Waals surface area contributed by atoms with Crippen molar-refractivity contribution < 1.29 is 9.47 Å². The Balaban J connectivity index is 2.16. The van der Waals surface area contributed by atoms with Gasteiger partial charge in [-0.25, -0.2) is 0 Å². The van der Waals surface area contributed by atoms with E-state index < -0.39 is 0 Å². The van der Waals surface area contributed by atoms with Gasteiger partial charge < -0.3 is 14.4 Å². The Bertz CT molecular complexity index is 520. The molecule has 1 aliphatic heterocycles. The maximum absolute atomic E-state index is 5.47. The number of nitrogens with zero attached hydrogens (tertiary/aromatic N) is 2. The minimum atomic E-state index is 0.643. The zero-order chi connectivity index (χ0) is 17.7. The SMILES string of the molecule is CCCN(Cc1ccc(OC)c(OC)c1)[C@@H]1C[C@H](C)N(C)C[C@H]1C. The van der Waals surface area contributed by atoms with Crippen molar-refractivity contribution in [2.45, 2.75) is 52.2 Å². The van der Waals surface area contributed by atoms with Crippen molar-refractivity contribution >= 4 is 0 Å². The number of likely N-dealkylation sites (tertiary alicyclic amines) is 1. The number of methoxy groups -OCH3 is 2. The molecule has 136 valence electrons. The molecule has 0 radical (unpaired) electrons. The first-order chi connectivity index (χ1) is 11.5. The van der Waals surface area contributed by atoms with E-state index in [0.717, 1.165) is 24.6 Å². The molecule has 1 heterocycles. The molecule has 1 aromatic carbocycles. The quantitative estimate of drug-likeness (QED) is 0.760. The molecule has 1 aliphatic rings. The van der Waals surface area contributed by atoms with E-state index in [2.05, 4.69) is 49.8 Å². The average Bonchev–Trinajstić information content (AvgIpc) is 2.57. The first kappa shape index (κ1) is 19.1. The van der Waals surface area contributed by atoms with Gasteiger partial charge in [0.2, 0.25) is 0 Å². The normalized spacial score (nSPS) is 25.0. The molecule has 0 amide bonds.